The summed E-state index contributed by atoms with van der Waals surface area (Å²) in [6, 6.07) is 11.3. The van der Waals surface area contributed by atoms with Crippen LogP contribution in [-0.2, 0) is 0 Å². The van der Waals surface area contributed by atoms with Crippen LogP contribution < -0.4 is 15.8 Å². The molecule has 20 heavy (non-hydrogen) atoms. The van der Waals surface area contributed by atoms with E-state index in [1.54, 1.807) is 18.2 Å². The van der Waals surface area contributed by atoms with Crippen molar-refractivity contribution in [3.05, 3.63) is 47.8 Å². The maximum absolute atomic E-state index is 13.8. The molecular formula is C15H14FN3O. The summed E-state index contributed by atoms with van der Waals surface area (Å²) in [4.78, 5) is 0. The van der Waals surface area contributed by atoms with Crippen molar-refractivity contribution in [2.45, 2.75) is 6.92 Å². The Morgan fingerprint density at radius 2 is 2.10 bits per heavy atom. The van der Waals surface area contributed by atoms with E-state index in [-0.39, 0.29) is 11.3 Å². The molecule has 102 valence electrons. The predicted octanol–water partition coefficient (Wildman–Crippen LogP) is 3.42. The minimum Gasteiger partial charge on any atom is -0.492 e. The van der Waals surface area contributed by atoms with Gasteiger partial charge < -0.3 is 15.8 Å². The first kappa shape index (κ1) is 13.7. The molecular weight excluding hydrogens is 257 g/mol. The highest BCUT2D eigenvalue weighted by molar-refractivity contribution is 5.77. The summed E-state index contributed by atoms with van der Waals surface area (Å²) >= 11 is 0. The van der Waals surface area contributed by atoms with Gasteiger partial charge in [-0.15, -0.1) is 0 Å². The predicted molar refractivity (Wildman–Crippen MR) is 76.4 cm³/mol. The molecule has 0 spiro atoms. The van der Waals surface area contributed by atoms with Gasteiger partial charge in [0.2, 0.25) is 0 Å². The van der Waals surface area contributed by atoms with E-state index in [1.165, 1.54) is 18.2 Å². The molecule has 2 aromatic rings. The summed E-state index contributed by atoms with van der Waals surface area (Å²) in [5.74, 6) is 0.0387. The van der Waals surface area contributed by atoms with E-state index in [2.05, 4.69) is 5.32 Å². The highest BCUT2D eigenvalue weighted by atomic mass is 19.1. The molecule has 0 aromatic heterocycles. The standard InChI is InChI=1S/C15H14FN3O/c1-2-20-14-5-3-4-13(15(14)18)19-12-7-6-10(9-17)8-11(12)16/h3-8,19H,2,18H2,1H3. The van der Waals surface area contributed by atoms with Gasteiger partial charge in [-0.05, 0) is 37.3 Å². The van der Waals surface area contributed by atoms with Crippen molar-refractivity contribution in [3.63, 3.8) is 0 Å². The number of halogens is 1. The van der Waals surface area contributed by atoms with Gasteiger partial charge in [0.05, 0.1) is 35.3 Å². The molecule has 5 heteroatoms. The Bertz CT molecular complexity index is 665. The fraction of sp³-hybridized carbons (Fsp3) is 0.133. The van der Waals surface area contributed by atoms with Gasteiger partial charge in [0, 0.05) is 0 Å². The molecule has 3 N–H and O–H groups in total. The Morgan fingerprint density at radius 3 is 2.75 bits per heavy atom. The molecule has 0 radical (unpaired) electrons. The molecule has 0 aliphatic carbocycles. The summed E-state index contributed by atoms with van der Waals surface area (Å²) in [7, 11) is 0. The molecule has 0 saturated carbocycles. The molecule has 0 heterocycles. The lowest BCUT2D eigenvalue weighted by atomic mass is 10.2. The topological polar surface area (TPSA) is 71.1 Å². The quantitative estimate of drug-likeness (QED) is 0.836. The van der Waals surface area contributed by atoms with Crippen LogP contribution in [0.4, 0.5) is 21.5 Å². The largest absolute Gasteiger partial charge is 0.492 e. The minimum atomic E-state index is -0.509. The monoisotopic (exact) mass is 271 g/mol. The van der Waals surface area contributed by atoms with E-state index in [0.717, 1.165) is 0 Å². The van der Waals surface area contributed by atoms with E-state index in [9.17, 15) is 4.39 Å². The Balaban J connectivity index is 2.31. The SMILES string of the molecule is CCOc1cccc(Nc2ccc(C#N)cc2F)c1N. The van der Waals surface area contributed by atoms with Crippen LogP contribution in [-0.4, -0.2) is 6.61 Å². The number of nitrogens with zero attached hydrogens (tertiary/aromatic N) is 1. The zero-order chi connectivity index (χ0) is 14.5. The lowest BCUT2D eigenvalue weighted by Crippen LogP contribution is -2.02. The number of rotatable bonds is 4. The molecule has 0 aliphatic rings. The molecule has 0 bridgehead atoms. The number of nitriles is 1. The van der Waals surface area contributed by atoms with Crippen LogP contribution in [0.1, 0.15) is 12.5 Å². The molecule has 0 saturated heterocycles. The first-order valence-corrected chi connectivity index (χ1v) is 6.13. The highest BCUT2D eigenvalue weighted by Crippen LogP contribution is 2.32. The maximum atomic E-state index is 13.8. The molecule has 0 aliphatic heterocycles. The Labute approximate surface area is 116 Å². The van der Waals surface area contributed by atoms with Crippen molar-refractivity contribution >= 4 is 17.1 Å². The third-order valence-corrected chi connectivity index (χ3v) is 2.73. The van der Waals surface area contributed by atoms with Crippen LogP contribution in [0.2, 0.25) is 0 Å². The molecule has 4 nitrogen and oxygen atoms in total. The maximum Gasteiger partial charge on any atom is 0.147 e. The summed E-state index contributed by atoms with van der Waals surface area (Å²) < 4.78 is 19.2. The number of hydrogen-bond acceptors (Lipinski definition) is 4. The number of anilines is 3. The second-order valence-electron chi connectivity index (χ2n) is 4.08. The minimum absolute atomic E-state index is 0.254. The van der Waals surface area contributed by atoms with Crippen LogP contribution in [0.15, 0.2) is 36.4 Å². The Morgan fingerprint density at radius 1 is 1.30 bits per heavy atom. The third kappa shape index (κ3) is 2.81. The summed E-state index contributed by atoms with van der Waals surface area (Å²) in [5.41, 5.74) is 7.45. The van der Waals surface area contributed by atoms with Crippen molar-refractivity contribution in [3.8, 4) is 11.8 Å². The van der Waals surface area contributed by atoms with Gasteiger partial charge in [-0.3, -0.25) is 0 Å². The van der Waals surface area contributed by atoms with E-state index in [0.29, 0.717) is 23.7 Å². The fourth-order valence-corrected chi connectivity index (χ4v) is 1.77. The summed E-state index contributed by atoms with van der Waals surface area (Å²) in [5, 5.41) is 11.6. The van der Waals surface area contributed by atoms with Crippen LogP contribution >= 0.6 is 0 Å². The van der Waals surface area contributed by atoms with Gasteiger partial charge in [0.25, 0.3) is 0 Å². The van der Waals surface area contributed by atoms with E-state index >= 15 is 0 Å². The van der Waals surface area contributed by atoms with Gasteiger partial charge >= 0.3 is 0 Å². The molecule has 2 rings (SSSR count). The lowest BCUT2D eigenvalue weighted by molar-refractivity contribution is 0.342. The van der Waals surface area contributed by atoms with Crippen LogP contribution in [0.5, 0.6) is 5.75 Å². The van der Waals surface area contributed by atoms with Crippen molar-refractivity contribution in [1.29, 1.82) is 5.26 Å². The van der Waals surface area contributed by atoms with Gasteiger partial charge in [-0.2, -0.15) is 5.26 Å². The summed E-state index contributed by atoms with van der Waals surface area (Å²) in [6.45, 7) is 2.36. The second kappa shape index (κ2) is 5.93. The van der Waals surface area contributed by atoms with Crippen molar-refractivity contribution in [2.24, 2.45) is 0 Å². The Hall–Kier alpha value is -2.74. The fourth-order valence-electron chi connectivity index (χ4n) is 1.77. The number of nitrogen functional groups attached to an aromatic ring is 1. The second-order valence-corrected chi connectivity index (χ2v) is 4.08. The lowest BCUT2D eigenvalue weighted by Gasteiger charge is -2.13. The smallest absolute Gasteiger partial charge is 0.147 e. The van der Waals surface area contributed by atoms with E-state index in [4.69, 9.17) is 15.7 Å². The Kier molecular flexibility index (Phi) is 4.06. The molecule has 0 atom stereocenters. The van der Waals surface area contributed by atoms with Gasteiger partial charge in [0.1, 0.15) is 11.6 Å². The first-order valence-electron chi connectivity index (χ1n) is 6.13. The zero-order valence-corrected chi connectivity index (χ0v) is 11.0. The number of para-hydroxylation sites is 1. The normalized spacial score (nSPS) is 9.85. The van der Waals surface area contributed by atoms with Gasteiger partial charge in [-0.1, -0.05) is 6.07 Å². The van der Waals surface area contributed by atoms with Gasteiger partial charge in [-0.25, -0.2) is 4.39 Å². The molecule has 0 amide bonds. The van der Waals surface area contributed by atoms with Crippen LogP contribution in [0, 0.1) is 17.1 Å². The van der Waals surface area contributed by atoms with Crippen molar-refractivity contribution in [1.82, 2.24) is 0 Å². The number of ether oxygens (including phenoxy) is 1. The molecule has 0 fully saturated rings. The average molecular weight is 271 g/mol. The van der Waals surface area contributed by atoms with Crippen LogP contribution in [0.3, 0.4) is 0 Å². The zero-order valence-electron chi connectivity index (χ0n) is 11.0. The molecule has 2 aromatic carbocycles. The van der Waals surface area contributed by atoms with Gasteiger partial charge in [0.15, 0.2) is 0 Å². The van der Waals surface area contributed by atoms with Crippen LogP contribution in [0.25, 0.3) is 0 Å². The summed E-state index contributed by atoms with van der Waals surface area (Å²) in [6.07, 6.45) is 0. The van der Waals surface area contributed by atoms with Crippen molar-refractivity contribution < 1.29 is 9.13 Å². The number of hydrogen-bond donors (Lipinski definition) is 2. The van der Waals surface area contributed by atoms with E-state index < -0.39 is 5.82 Å². The average Bonchev–Trinajstić information content (AvgIpc) is 2.45. The van der Waals surface area contributed by atoms with Crippen molar-refractivity contribution in [2.75, 3.05) is 17.7 Å². The van der Waals surface area contributed by atoms with E-state index in [1.807, 2.05) is 13.0 Å². The first-order chi connectivity index (χ1) is 9.65. The third-order valence-electron chi connectivity index (χ3n) is 2.73. The number of benzene rings is 2. The molecule has 0 unspecified atom stereocenters. The number of nitrogens with two attached hydrogens (primary N) is 1. The number of nitrogens with one attached hydrogen (secondary N) is 1. The highest BCUT2D eigenvalue weighted by Gasteiger charge is 2.09.